The monoisotopic (exact) mass is 217 g/mol. The lowest BCUT2D eigenvalue weighted by molar-refractivity contribution is 0.0767. The van der Waals surface area contributed by atoms with E-state index in [2.05, 4.69) is 37.8 Å². The molecule has 1 rings (SSSR count). The van der Waals surface area contributed by atoms with Crippen LogP contribution in [0.4, 0.5) is 0 Å². The van der Waals surface area contributed by atoms with Gasteiger partial charge in [-0.1, -0.05) is 6.92 Å². The molecule has 0 amide bonds. The zero-order valence-electron chi connectivity index (χ0n) is 9.58. The van der Waals surface area contributed by atoms with Gasteiger partial charge in [-0.3, -0.25) is 0 Å². The van der Waals surface area contributed by atoms with Crippen molar-refractivity contribution < 1.29 is 4.74 Å². The predicted octanol–water partition coefficient (Wildman–Crippen LogP) is 2.29. The Hall–Kier alpha value is 0.270. The van der Waals surface area contributed by atoms with Crippen LogP contribution in [-0.2, 0) is 4.74 Å². The Morgan fingerprint density at radius 1 is 1.50 bits per heavy atom. The molecule has 0 bridgehead atoms. The molecule has 0 saturated carbocycles. The van der Waals surface area contributed by atoms with Gasteiger partial charge in [0.05, 0.1) is 6.10 Å². The maximum absolute atomic E-state index is 5.49. The normalized spacial score (nSPS) is 27.4. The van der Waals surface area contributed by atoms with E-state index in [1.807, 2.05) is 0 Å². The zero-order valence-corrected chi connectivity index (χ0v) is 10.4. The molecule has 0 spiro atoms. The highest BCUT2D eigenvalue weighted by Crippen LogP contribution is 2.25. The largest absolute Gasteiger partial charge is 0.379 e. The first-order valence-corrected chi connectivity index (χ1v) is 6.71. The van der Waals surface area contributed by atoms with Gasteiger partial charge in [-0.2, -0.15) is 11.8 Å². The van der Waals surface area contributed by atoms with Crippen LogP contribution in [0.15, 0.2) is 0 Å². The van der Waals surface area contributed by atoms with Crippen molar-refractivity contribution in [3.8, 4) is 0 Å². The fraction of sp³-hybridized carbons (Fsp3) is 1.00. The standard InChI is InChI=1S/C11H23NOS/c1-9(2)13-7-4-6-12-11-5-8-14-10(11)3/h9-12H,4-8H2,1-3H3. The summed E-state index contributed by atoms with van der Waals surface area (Å²) in [6, 6.07) is 0.735. The number of rotatable bonds is 6. The van der Waals surface area contributed by atoms with E-state index in [4.69, 9.17) is 4.74 Å². The number of hydrogen-bond acceptors (Lipinski definition) is 3. The van der Waals surface area contributed by atoms with Crippen molar-refractivity contribution in [2.45, 2.75) is 51.0 Å². The zero-order chi connectivity index (χ0) is 10.4. The Kier molecular flexibility index (Phi) is 5.90. The molecule has 1 saturated heterocycles. The predicted molar refractivity (Wildman–Crippen MR) is 64.0 cm³/mol. The summed E-state index contributed by atoms with van der Waals surface area (Å²) in [5.41, 5.74) is 0. The van der Waals surface area contributed by atoms with Gasteiger partial charge >= 0.3 is 0 Å². The van der Waals surface area contributed by atoms with E-state index in [-0.39, 0.29) is 0 Å². The molecule has 0 aromatic rings. The van der Waals surface area contributed by atoms with Gasteiger partial charge in [0.25, 0.3) is 0 Å². The van der Waals surface area contributed by atoms with E-state index < -0.39 is 0 Å². The smallest absolute Gasteiger partial charge is 0.0518 e. The second-order valence-corrected chi connectivity index (χ2v) is 5.68. The average Bonchev–Trinajstić information content (AvgIpc) is 2.51. The fourth-order valence-corrected chi connectivity index (χ4v) is 2.90. The Balaban J connectivity index is 1.93. The molecule has 3 heteroatoms. The van der Waals surface area contributed by atoms with Crippen molar-refractivity contribution in [1.82, 2.24) is 5.32 Å². The summed E-state index contributed by atoms with van der Waals surface area (Å²) in [5, 5.41) is 4.40. The van der Waals surface area contributed by atoms with Gasteiger partial charge in [0, 0.05) is 17.9 Å². The number of ether oxygens (including phenoxy) is 1. The molecule has 2 atom stereocenters. The molecule has 1 fully saturated rings. The van der Waals surface area contributed by atoms with E-state index in [0.29, 0.717) is 6.10 Å². The highest BCUT2D eigenvalue weighted by molar-refractivity contribution is 8.00. The first kappa shape index (κ1) is 12.3. The minimum absolute atomic E-state index is 0.371. The summed E-state index contributed by atoms with van der Waals surface area (Å²) in [6.07, 6.45) is 2.83. The molecule has 1 heterocycles. The summed E-state index contributed by atoms with van der Waals surface area (Å²) < 4.78 is 5.49. The van der Waals surface area contributed by atoms with Gasteiger partial charge in [-0.05, 0) is 39.0 Å². The second kappa shape index (κ2) is 6.70. The molecular formula is C11H23NOS. The molecule has 1 N–H and O–H groups in total. The van der Waals surface area contributed by atoms with Crippen molar-refractivity contribution in [2.75, 3.05) is 18.9 Å². The Bertz CT molecular complexity index is 152. The lowest BCUT2D eigenvalue weighted by Crippen LogP contribution is -2.34. The van der Waals surface area contributed by atoms with Crippen LogP contribution in [0.1, 0.15) is 33.6 Å². The first-order valence-electron chi connectivity index (χ1n) is 5.66. The van der Waals surface area contributed by atoms with Crippen LogP contribution in [0.25, 0.3) is 0 Å². The second-order valence-electron chi connectivity index (χ2n) is 4.20. The molecule has 14 heavy (non-hydrogen) atoms. The van der Waals surface area contributed by atoms with E-state index in [9.17, 15) is 0 Å². The fourth-order valence-electron chi connectivity index (χ4n) is 1.68. The maximum Gasteiger partial charge on any atom is 0.0518 e. The van der Waals surface area contributed by atoms with Gasteiger partial charge in [-0.15, -0.1) is 0 Å². The van der Waals surface area contributed by atoms with Crippen molar-refractivity contribution in [3.63, 3.8) is 0 Å². The molecule has 2 unspecified atom stereocenters. The van der Waals surface area contributed by atoms with Gasteiger partial charge < -0.3 is 10.1 Å². The molecule has 0 aromatic carbocycles. The molecule has 1 aliphatic heterocycles. The van der Waals surface area contributed by atoms with Crippen LogP contribution in [0.3, 0.4) is 0 Å². The molecule has 1 aliphatic rings. The third-order valence-corrected chi connectivity index (χ3v) is 3.88. The Labute approximate surface area is 92.2 Å². The lowest BCUT2D eigenvalue weighted by Gasteiger charge is -2.16. The van der Waals surface area contributed by atoms with E-state index in [0.717, 1.165) is 30.9 Å². The first-order chi connectivity index (χ1) is 6.70. The highest BCUT2D eigenvalue weighted by Gasteiger charge is 2.22. The molecule has 0 aromatic heterocycles. The van der Waals surface area contributed by atoms with Gasteiger partial charge in [0.15, 0.2) is 0 Å². The van der Waals surface area contributed by atoms with Gasteiger partial charge in [-0.25, -0.2) is 0 Å². The van der Waals surface area contributed by atoms with Crippen LogP contribution < -0.4 is 5.32 Å². The quantitative estimate of drug-likeness (QED) is 0.690. The van der Waals surface area contributed by atoms with Crippen molar-refractivity contribution in [2.24, 2.45) is 0 Å². The summed E-state index contributed by atoms with van der Waals surface area (Å²) >= 11 is 2.08. The maximum atomic E-state index is 5.49. The number of hydrogen-bond donors (Lipinski definition) is 1. The number of thioether (sulfide) groups is 1. The number of nitrogens with one attached hydrogen (secondary N) is 1. The summed E-state index contributed by atoms with van der Waals surface area (Å²) in [5.74, 6) is 1.32. The molecular weight excluding hydrogens is 194 g/mol. The van der Waals surface area contributed by atoms with Crippen LogP contribution in [0.5, 0.6) is 0 Å². The van der Waals surface area contributed by atoms with Crippen LogP contribution >= 0.6 is 11.8 Å². The Morgan fingerprint density at radius 3 is 2.86 bits per heavy atom. The van der Waals surface area contributed by atoms with Gasteiger partial charge in [0.1, 0.15) is 0 Å². The highest BCUT2D eigenvalue weighted by atomic mass is 32.2. The van der Waals surface area contributed by atoms with Crippen molar-refractivity contribution in [1.29, 1.82) is 0 Å². The molecule has 2 nitrogen and oxygen atoms in total. The van der Waals surface area contributed by atoms with E-state index in [1.54, 1.807) is 0 Å². The van der Waals surface area contributed by atoms with E-state index >= 15 is 0 Å². The van der Waals surface area contributed by atoms with Crippen LogP contribution in [0, 0.1) is 0 Å². The van der Waals surface area contributed by atoms with Crippen LogP contribution in [-0.4, -0.2) is 36.3 Å². The van der Waals surface area contributed by atoms with Crippen LogP contribution in [0.2, 0.25) is 0 Å². The van der Waals surface area contributed by atoms with Crippen molar-refractivity contribution >= 4 is 11.8 Å². The third-order valence-electron chi connectivity index (χ3n) is 2.56. The Morgan fingerprint density at radius 2 is 2.29 bits per heavy atom. The van der Waals surface area contributed by atoms with E-state index in [1.165, 1.54) is 12.2 Å². The molecule has 0 radical (unpaired) electrons. The lowest BCUT2D eigenvalue weighted by atomic mass is 10.2. The van der Waals surface area contributed by atoms with Gasteiger partial charge in [0.2, 0.25) is 0 Å². The SMILES string of the molecule is CC(C)OCCCNC1CCSC1C. The molecule has 0 aliphatic carbocycles. The summed E-state index contributed by atoms with van der Waals surface area (Å²) in [4.78, 5) is 0. The summed E-state index contributed by atoms with van der Waals surface area (Å²) in [6.45, 7) is 8.48. The minimum Gasteiger partial charge on any atom is -0.379 e. The topological polar surface area (TPSA) is 21.3 Å². The average molecular weight is 217 g/mol. The minimum atomic E-state index is 0.371. The van der Waals surface area contributed by atoms with Crippen molar-refractivity contribution in [3.05, 3.63) is 0 Å². The molecule has 84 valence electrons. The summed E-state index contributed by atoms with van der Waals surface area (Å²) in [7, 11) is 0. The third kappa shape index (κ3) is 4.67.